The molecule has 5 heteroatoms. The van der Waals surface area contributed by atoms with Crippen molar-refractivity contribution in [3.05, 3.63) is 29.6 Å². The number of carbonyl (C=O) groups is 1. The summed E-state index contributed by atoms with van der Waals surface area (Å²) in [5.41, 5.74) is -0.323. The van der Waals surface area contributed by atoms with Gasteiger partial charge in [0.15, 0.2) is 0 Å². The molecule has 12 heavy (non-hydrogen) atoms. The minimum absolute atomic E-state index is 0.0190. The maximum atomic E-state index is 12.0. The number of aromatic nitrogens is 1. The second kappa shape index (κ2) is 3.58. The fourth-order valence-corrected chi connectivity index (χ4v) is 0.788. The third-order valence-corrected chi connectivity index (χ3v) is 1.46. The molecular weight excluding hydrogens is 188 g/mol. The summed E-state index contributed by atoms with van der Waals surface area (Å²) in [6, 6.07) is 1.02. The molecule has 0 saturated heterocycles. The van der Waals surface area contributed by atoms with Crippen LogP contribution in [0.15, 0.2) is 18.5 Å². The summed E-state index contributed by atoms with van der Waals surface area (Å²) in [6.45, 7) is 0. The molecule has 0 N–H and O–H groups in total. The summed E-state index contributed by atoms with van der Waals surface area (Å²) in [5.74, 6) is 0. The fourth-order valence-electron chi connectivity index (χ4n) is 0.685. The highest BCUT2D eigenvalue weighted by atomic mass is 35.5. The number of alkyl halides is 2. The van der Waals surface area contributed by atoms with Crippen LogP contribution in [0, 0.1) is 0 Å². The molecule has 0 amide bonds. The number of halogens is 3. The van der Waals surface area contributed by atoms with Gasteiger partial charge in [0.1, 0.15) is 0 Å². The smallest absolute Gasteiger partial charge is 0.265 e. The van der Waals surface area contributed by atoms with Gasteiger partial charge in [-0.1, -0.05) is 0 Å². The van der Waals surface area contributed by atoms with Crippen molar-refractivity contribution in [1.82, 2.24) is 4.98 Å². The quantitative estimate of drug-likeness (QED) is 0.672. The third-order valence-electron chi connectivity index (χ3n) is 1.24. The Hall–Kier alpha value is -1.03. The van der Waals surface area contributed by atoms with Gasteiger partial charge in [0, 0.05) is 18.0 Å². The summed E-state index contributed by atoms with van der Waals surface area (Å²) < 4.78 is 24.0. The summed E-state index contributed by atoms with van der Waals surface area (Å²) in [5, 5.41) is -0.787. The van der Waals surface area contributed by atoms with E-state index in [1.54, 1.807) is 0 Å². The monoisotopic (exact) mass is 191 g/mol. The van der Waals surface area contributed by atoms with Crippen molar-refractivity contribution >= 4 is 16.8 Å². The van der Waals surface area contributed by atoms with E-state index in [-0.39, 0.29) is 11.1 Å². The molecular formula is C7H4ClF2NO. The molecule has 2 nitrogen and oxygen atoms in total. The summed E-state index contributed by atoms with van der Waals surface area (Å²) in [4.78, 5) is 13.9. The lowest BCUT2D eigenvalue weighted by atomic mass is 10.2. The van der Waals surface area contributed by atoms with Gasteiger partial charge < -0.3 is 0 Å². The summed E-state index contributed by atoms with van der Waals surface area (Å²) in [7, 11) is 0. The van der Waals surface area contributed by atoms with E-state index < -0.39 is 11.7 Å². The van der Waals surface area contributed by atoms with Crippen LogP contribution in [0.1, 0.15) is 22.3 Å². The van der Waals surface area contributed by atoms with Crippen molar-refractivity contribution < 1.29 is 13.6 Å². The second-order valence-corrected chi connectivity index (χ2v) is 2.42. The van der Waals surface area contributed by atoms with Crippen LogP contribution in [-0.4, -0.2) is 10.2 Å². The van der Waals surface area contributed by atoms with Crippen LogP contribution in [0.2, 0.25) is 0 Å². The average Bonchev–Trinajstić information content (AvgIpc) is 2.04. The van der Waals surface area contributed by atoms with Gasteiger partial charge in [0.05, 0.1) is 5.56 Å². The molecule has 0 saturated carbocycles. The molecule has 0 aliphatic heterocycles. The molecule has 64 valence electrons. The number of hydrogen-bond donors (Lipinski definition) is 0. The molecule has 1 aromatic heterocycles. The lowest BCUT2D eigenvalue weighted by molar-refractivity contribution is 0.108. The Kier molecular flexibility index (Phi) is 2.70. The molecule has 0 fully saturated rings. The Morgan fingerprint density at radius 2 is 2.17 bits per heavy atom. The predicted octanol–water partition coefficient (Wildman–Crippen LogP) is 2.40. The minimum atomic E-state index is -2.63. The molecule has 0 aromatic carbocycles. The first-order valence-corrected chi connectivity index (χ1v) is 3.42. The van der Waals surface area contributed by atoms with Crippen LogP contribution in [0.25, 0.3) is 0 Å². The predicted molar refractivity (Wildman–Crippen MR) is 39.4 cm³/mol. The van der Waals surface area contributed by atoms with Gasteiger partial charge in [-0.05, 0) is 17.7 Å². The van der Waals surface area contributed by atoms with E-state index in [1.807, 2.05) is 0 Å². The van der Waals surface area contributed by atoms with Crippen molar-refractivity contribution in [2.45, 2.75) is 6.43 Å². The van der Waals surface area contributed by atoms with E-state index in [2.05, 4.69) is 4.98 Å². The molecule has 0 unspecified atom stereocenters. The highest BCUT2D eigenvalue weighted by Gasteiger charge is 2.10. The normalized spacial score (nSPS) is 10.3. The molecule has 0 aliphatic carbocycles. The van der Waals surface area contributed by atoms with Crippen LogP contribution >= 0.6 is 11.6 Å². The molecule has 0 atom stereocenters. The third kappa shape index (κ3) is 1.98. The Morgan fingerprint density at radius 1 is 1.50 bits per heavy atom. The molecule has 0 aliphatic rings. The van der Waals surface area contributed by atoms with Crippen molar-refractivity contribution in [1.29, 1.82) is 0 Å². The number of nitrogens with zero attached hydrogens (tertiary/aromatic N) is 1. The van der Waals surface area contributed by atoms with Crippen molar-refractivity contribution in [2.75, 3.05) is 0 Å². The van der Waals surface area contributed by atoms with Gasteiger partial charge in [-0.3, -0.25) is 9.78 Å². The highest BCUT2D eigenvalue weighted by molar-refractivity contribution is 6.67. The van der Waals surface area contributed by atoms with Crippen LogP contribution in [0.3, 0.4) is 0 Å². The molecule has 0 radical (unpaired) electrons. The van der Waals surface area contributed by atoms with Gasteiger partial charge in [0.2, 0.25) is 0 Å². The standard InChI is InChI=1S/C7H4ClF2NO/c8-6(12)4-1-5(7(9)10)3-11-2-4/h1-3,7H. The number of hydrogen-bond acceptors (Lipinski definition) is 2. The van der Waals surface area contributed by atoms with Crippen LogP contribution < -0.4 is 0 Å². The van der Waals surface area contributed by atoms with Gasteiger partial charge in [0.25, 0.3) is 11.7 Å². The van der Waals surface area contributed by atoms with Crippen LogP contribution in [0.5, 0.6) is 0 Å². The Balaban J connectivity index is 3.04. The number of rotatable bonds is 2. The Bertz CT molecular complexity index is 303. The molecule has 0 bridgehead atoms. The first-order chi connectivity index (χ1) is 5.61. The van der Waals surface area contributed by atoms with E-state index in [1.165, 1.54) is 0 Å². The summed E-state index contributed by atoms with van der Waals surface area (Å²) >= 11 is 5.06. The van der Waals surface area contributed by atoms with Crippen LogP contribution in [-0.2, 0) is 0 Å². The van der Waals surface area contributed by atoms with Crippen molar-refractivity contribution in [3.8, 4) is 0 Å². The lowest BCUT2D eigenvalue weighted by Gasteiger charge is -1.98. The van der Waals surface area contributed by atoms with Gasteiger partial charge >= 0.3 is 0 Å². The van der Waals surface area contributed by atoms with Gasteiger partial charge in [-0.25, -0.2) is 8.78 Å². The first-order valence-electron chi connectivity index (χ1n) is 3.04. The molecule has 1 heterocycles. The Morgan fingerprint density at radius 3 is 2.67 bits per heavy atom. The zero-order valence-electron chi connectivity index (χ0n) is 5.80. The van der Waals surface area contributed by atoms with E-state index in [0.29, 0.717) is 0 Å². The van der Waals surface area contributed by atoms with E-state index in [4.69, 9.17) is 11.6 Å². The van der Waals surface area contributed by atoms with Crippen molar-refractivity contribution in [3.63, 3.8) is 0 Å². The molecule has 0 spiro atoms. The average molecular weight is 192 g/mol. The van der Waals surface area contributed by atoms with Gasteiger partial charge in [-0.15, -0.1) is 0 Å². The molecule has 1 aromatic rings. The SMILES string of the molecule is O=C(Cl)c1cncc(C(F)F)c1. The number of carbonyl (C=O) groups excluding carboxylic acids is 1. The Labute approximate surface area is 72.2 Å². The van der Waals surface area contributed by atoms with Crippen LogP contribution in [0.4, 0.5) is 8.78 Å². The van der Waals surface area contributed by atoms with E-state index in [0.717, 1.165) is 18.5 Å². The maximum Gasteiger partial charge on any atom is 0.265 e. The number of pyridine rings is 1. The largest absolute Gasteiger partial charge is 0.276 e. The highest BCUT2D eigenvalue weighted by Crippen LogP contribution is 2.18. The molecule has 1 rings (SSSR count). The second-order valence-electron chi connectivity index (χ2n) is 2.08. The van der Waals surface area contributed by atoms with Crippen molar-refractivity contribution in [2.24, 2.45) is 0 Å². The van der Waals surface area contributed by atoms with Gasteiger partial charge in [-0.2, -0.15) is 0 Å². The lowest BCUT2D eigenvalue weighted by Crippen LogP contribution is -1.93. The topological polar surface area (TPSA) is 30.0 Å². The van der Waals surface area contributed by atoms with E-state index >= 15 is 0 Å². The zero-order valence-corrected chi connectivity index (χ0v) is 6.55. The maximum absolute atomic E-state index is 12.0. The zero-order chi connectivity index (χ0) is 9.14. The minimum Gasteiger partial charge on any atom is -0.276 e. The first kappa shape index (κ1) is 9.06. The fraction of sp³-hybridized carbons (Fsp3) is 0.143. The van der Waals surface area contributed by atoms with E-state index in [9.17, 15) is 13.6 Å². The summed E-state index contributed by atoms with van der Waals surface area (Å²) in [6.07, 6.45) is -0.497.